The van der Waals surface area contributed by atoms with E-state index in [-0.39, 0.29) is 0 Å². The van der Waals surface area contributed by atoms with Gasteiger partial charge in [0.05, 0.1) is 22.0 Å². The van der Waals surface area contributed by atoms with Gasteiger partial charge in [0.2, 0.25) is 0 Å². The number of nitrogens with two attached hydrogens (primary N) is 1. The largest absolute Gasteiger partial charge is 0.383 e. The summed E-state index contributed by atoms with van der Waals surface area (Å²) >= 11 is 1.56. The second kappa shape index (κ2) is 6.47. The van der Waals surface area contributed by atoms with Crippen LogP contribution in [-0.4, -0.2) is 17.0 Å². The molecule has 2 aromatic carbocycles. The van der Waals surface area contributed by atoms with Gasteiger partial charge in [0, 0.05) is 18.3 Å². The summed E-state index contributed by atoms with van der Waals surface area (Å²) in [4.78, 5) is 12.0. The summed E-state index contributed by atoms with van der Waals surface area (Å²) in [7, 11) is 2.01. The lowest BCUT2D eigenvalue weighted by molar-refractivity contribution is 1.24. The molecule has 2 N–H and O–H groups in total. The summed E-state index contributed by atoms with van der Waals surface area (Å²) in [5.41, 5.74) is 8.63. The molecule has 6 heteroatoms. The first-order valence-corrected chi connectivity index (χ1v) is 8.84. The smallest absolute Gasteiger partial charge is 0.163 e. The second-order valence-electron chi connectivity index (χ2n) is 5.82. The molecule has 0 spiro atoms. The molecule has 0 aliphatic carbocycles. The van der Waals surface area contributed by atoms with Crippen LogP contribution in [0.3, 0.4) is 0 Å². The zero-order valence-corrected chi connectivity index (χ0v) is 14.9. The monoisotopic (exact) mass is 357 g/mol. The van der Waals surface area contributed by atoms with E-state index in [0.29, 0.717) is 17.2 Å². The van der Waals surface area contributed by atoms with Gasteiger partial charge in [0.25, 0.3) is 0 Å². The maximum atomic E-state index is 9.09. The lowest BCUT2D eigenvalue weighted by atomic mass is 10.1. The third kappa shape index (κ3) is 2.85. The lowest BCUT2D eigenvalue weighted by Gasteiger charge is -2.16. The number of nitriles is 1. The average Bonchev–Trinajstić information content (AvgIpc) is 3.13. The van der Waals surface area contributed by atoms with Gasteiger partial charge in [-0.3, -0.25) is 0 Å². The van der Waals surface area contributed by atoms with Crippen LogP contribution in [0.5, 0.6) is 0 Å². The van der Waals surface area contributed by atoms with Crippen LogP contribution in [-0.2, 0) is 0 Å². The third-order valence-electron chi connectivity index (χ3n) is 4.13. The van der Waals surface area contributed by atoms with Gasteiger partial charge in [-0.25, -0.2) is 9.97 Å². The van der Waals surface area contributed by atoms with Crippen LogP contribution in [0.2, 0.25) is 0 Å². The van der Waals surface area contributed by atoms with Gasteiger partial charge in [-0.2, -0.15) is 5.26 Å². The number of rotatable bonds is 3. The quantitative estimate of drug-likeness (QED) is 0.580. The first-order valence-electron chi connectivity index (χ1n) is 8.02. The zero-order chi connectivity index (χ0) is 18.1. The molecule has 0 unspecified atom stereocenters. The van der Waals surface area contributed by atoms with E-state index in [1.165, 1.54) is 0 Å². The molecule has 0 saturated carbocycles. The number of fused-ring (bicyclic) bond motifs is 1. The molecular weight excluding hydrogens is 342 g/mol. The first kappa shape index (κ1) is 16.1. The Kier molecular flexibility index (Phi) is 3.99. The fourth-order valence-electron chi connectivity index (χ4n) is 2.73. The van der Waals surface area contributed by atoms with Gasteiger partial charge < -0.3 is 10.6 Å². The van der Waals surface area contributed by atoms with Crippen LogP contribution in [0.4, 0.5) is 16.5 Å². The molecule has 0 aliphatic rings. The number of para-hydroxylation sites is 1. The van der Waals surface area contributed by atoms with Gasteiger partial charge in [0.15, 0.2) is 5.82 Å². The molecule has 0 atom stereocenters. The minimum absolute atomic E-state index is 0.441. The van der Waals surface area contributed by atoms with E-state index in [9.17, 15) is 0 Å². The highest BCUT2D eigenvalue weighted by Gasteiger charge is 2.14. The summed E-state index contributed by atoms with van der Waals surface area (Å²) in [5, 5.41) is 11.0. The van der Waals surface area contributed by atoms with Crippen molar-refractivity contribution < 1.29 is 0 Å². The van der Waals surface area contributed by atoms with E-state index in [4.69, 9.17) is 11.0 Å². The van der Waals surface area contributed by atoms with Crippen molar-refractivity contribution >= 4 is 38.1 Å². The number of nitrogen functional groups attached to an aromatic ring is 1. The van der Waals surface area contributed by atoms with Crippen molar-refractivity contribution in [2.75, 3.05) is 17.7 Å². The Hall–Kier alpha value is -3.43. The van der Waals surface area contributed by atoms with Gasteiger partial charge in [-0.1, -0.05) is 41.7 Å². The molecule has 5 nitrogen and oxygen atoms in total. The fourth-order valence-corrected chi connectivity index (χ4v) is 3.75. The highest BCUT2D eigenvalue weighted by molar-refractivity contribution is 7.22. The summed E-state index contributed by atoms with van der Waals surface area (Å²) in [5.74, 6) is 0.971. The summed E-state index contributed by atoms with van der Waals surface area (Å²) in [6.45, 7) is 0. The van der Waals surface area contributed by atoms with Crippen LogP contribution in [0.1, 0.15) is 5.56 Å². The summed E-state index contributed by atoms with van der Waals surface area (Å²) in [6.07, 6.45) is 0. The lowest BCUT2D eigenvalue weighted by Crippen LogP contribution is -2.06. The first-order chi connectivity index (χ1) is 12.7. The van der Waals surface area contributed by atoms with Crippen molar-refractivity contribution in [2.45, 2.75) is 0 Å². The zero-order valence-electron chi connectivity index (χ0n) is 14.0. The highest BCUT2D eigenvalue weighted by atomic mass is 32.1. The van der Waals surface area contributed by atoms with E-state index in [2.05, 4.69) is 33.1 Å². The molecule has 0 fully saturated rings. The predicted octanol–water partition coefficient (Wildman–Crippen LogP) is 4.58. The van der Waals surface area contributed by atoms with E-state index >= 15 is 0 Å². The standard InChI is InChI=1S/C20H15N5S/c1-25(15-8-3-2-4-9-15)17-11-16-18(22)23-19(24-20(16)26-17)14-7-5-6-13(10-14)12-21/h2-11H,1H3,(H2,22,23,24). The Morgan fingerprint density at radius 1 is 1.04 bits per heavy atom. The van der Waals surface area contributed by atoms with Crippen molar-refractivity contribution in [1.82, 2.24) is 9.97 Å². The van der Waals surface area contributed by atoms with Crippen molar-refractivity contribution in [2.24, 2.45) is 0 Å². The molecule has 0 aliphatic heterocycles. The van der Waals surface area contributed by atoms with Crippen LogP contribution in [0, 0.1) is 11.3 Å². The normalized spacial score (nSPS) is 10.6. The molecule has 0 saturated heterocycles. The van der Waals surface area contributed by atoms with Crippen molar-refractivity contribution in [3.8, 4) is 17.5 Å². The molecule has 0 amide bonds. The van der Waals surface area contributed by atoms with Crippen molar-refractivity contribution in [3.05, 3.63) is 66.2 Å². The Morgan fingerprint density at radius 2 is 1.85 bits per heavy atom. The second-order valence-corrected chi connectivity index (χ2v) is 6.83. The van der Waals surface area contributed by atoms with E-state index < -0.39 is 0 Å². The van der Waals surface area contributed by atoms with Crippen LogP contribution in [0.15, 0.2) is 60.7 Å². The number of hydrogen-bond acceptors (Lipinski definition) is 6. The average molecular weight is 357 g/mol. The number of hydrogen-bond donors (Lipinski definition) is 1. The van der Waals surface area contributed by atoms with Crippen molar-refractivity contribution in [1.29, 1.82) is 5.26 Å². The minimum atomic E-state index is 0.441. The topological polar surface area (TPSA) is 78.8 Å². The number of aromatic nitrogens is 2. The van der Waals surface area contributed by atoms with Gasteiger partial charge in [-0.05, 0) is 30.3 Å². The molecule has 2 heterocycles. The summed E-state index contributed by atoms with van der Waals surface area (Å²) < 4.78 is 0. The minimum Gasteiger partial charge on any atom is -0.383 e. The Morgan fingerprint density at radius 3 is 2.62 bits per heavy atom. The Labute approximate surface area is 155 Å². The molecular formula is C20H15N5S. The molecule has 2 aromatic heterocycles. The number of thiophene rings is 1. The van der Waals surface area contributed by atoms with E-state index in [1.54, 1.807) is 23.5 Å². The van der Waals surface area contributed by atoms with E-state index in [1.807, 2.05) is 43.4 Å². The number of anilines is 3. The van der Waals surface area contributed by atoms with Gasteiger partial charge in [-0.15, -0.1) is 0 Å². The Bertz CT molecular complexity index is 1130. The van der Waals surface area contributed by atoms with Crippen LogP contribution in [0.25, 0.3) is 21.6 Å². The van der Waals surface area contributed by atoms with Crippen LogP contribution < -0.4 is 10.6 Å². The fraction of sp³-hybridized carbons (Fsp3) is 0.0500. The number of benzene rings is 2. The van der Waals surface area contributed by atoms with Crippen molar-refractivity contribution in [3.63, 3.8) is 0 Å². The molecule has 0 radical (unpaired) electrons. The van der Waals surface area contributed by atoms with E-state index in [0.717, 1.165) is 26.5 Å². The molecule has 4 aromatic rings. The molecule has 126 valence electrons. The van der Waals surface area contributed by atoms with Gasteiger partial charge in [0.1, 0.15) is 10.6 Å². The maximum Gasteiger partial charge on any atom is 0.163 e. The highest BCUT2D eigenvalue weighted by Crippen LogP contribution is 2.37. The third-order valence-corrected chi connectivity index (χ3v) is 5.24. The summed E-state index contributed by atoms with van der Waals surface area (Å²) in [6, 6.07) is 21.5. The van der Waals surface area contributed by atoms with Gasteiger partial charge >= 0.3 is 0 Å². The number of nitrogens with zero attached hydrogens (tertiary/aromatic N) is 4. The molecule has 0 bridgehead atoms. The Balaban J connectivity index is 1.79. The predicted molar refractivity (Wildman–Crippen MR) is 106 cm³/mol. The SMILES string of the molecule is CN(c1ccccc1)c1cc2c(N)nc(-c3cccc(C#N)c3)nc2s1. The molecule has 26 heavy (non-hydrogen) atoms. The van der Waals surface area contributed by atoms with Crippen LogP contribution >= 0.6 is 11.3 Å². The molecule has 4 rings (SSSR count). The maximum absolute atomic E-state index is 9.09.